The summed E-state index contributed by atoms with van der Waals surface area (Å²) in [5, 5.41) is 0. The molecule has 0 saturated carbocycles. The van der Waals surface area contributed by atoms with Gasteiger partial charge in [-0.2, -0.15) is 0 Å². The summed E-state index contributed by atoms with van der Waals surface area (Å²) < 4.78 is 11.5. The molecule has 104 valence electrons. The van der Waals surface area contributed by atoms with Crippen LogP contribution in [0.5, 0.6) is 0 Å². The largest absolute Gasteiger partial charge is 0.381 e. The minimum absolute atomic E-state index is 0.0444. The van der Waals surface area contributed by atoms with E-state index in [1.165, 1.54) is 0 Å². The Morgan fingerprint density at radius 1 is 1.47 bits per heavy atom. The van der Waals surface area contributed by atoms with Crippen molar-refractivity contribution in [1.29, 1.82) is 0 Å². The van der Waals surface area contributed by atoms with Crippen molar-refractivity contribution in [2.24, 2.45) is 0 Å². The van der Waals surface area contributed by atoms with Crippen molar-refractivity contribution in [3.8, 4) is 0 Å². The summed E-state index contributed by atoms with van der Waals surface area (Å²) in [5.74, 6) is 0. The number of likely N-dealkylation sites (tertiary alicyclic amines) is 1. The number of pyridine rings is 1. The molecular formula is C15H22N2O2. The molecule has 4 nitrogen and oxygen atoms in total. The molecule has 1 atom stereocenters. The molecule has 0 N–H and O–H groups in total. The van der Waals surface area contributed by atoms with Crippen LogP contribution in [0.1, 0.15) is 24.2 Å². The fraction of sp³-hybridized carbons (Fsp3) is 0.667. The molecule has 3 rings (SSSR count). The van der Waals surface area contributed by atoms with Crippen molar-refractivity contribution in [3.05, 3.63) is 29.6 Å². The van der Waals surface area contributed by atoms with Gasteiger partial charge in [0.15, 0.2) is 0 Å². The van der Waals surface area contributed by atoms with Crippen LogP contribution >= 0.6 is 0 Å². The van der Waals surface area contributed by atoms with E-state index in [9.17, 15) is 0 Å². The molecular weight excluding hydrogens is 240 g/mol. The Hall–Kier alpha value is -0.970. The molecule has 0 aliphatic carbocycles. The van der Waals surface area contributed by atoms with Crippen molar-refractivity contribution in [3.63, 3.8) is 0 Å². The monoisotopic (exact) mass is 262 g/mol. The molecule has 4 heteroatoms. The Kier molecular flexibility index (Phi) is 3.56. The van der Waals surface area contributed by atoms with Crippen LogP contribution in [0.25, 0.3) is 0 Å². The Morgan fingerprint density at radius 2 is 2.32 bits per heavy atom. The zero-order valence-corrected chi connectivity index (χ0v) is 11.8. The number of nitrogens with zero attached hydrogens (tertiary/aromatic N) is 2. The van der Waals surface area contributed by atoms with E-state index in [0.717, 1.165) is 50.5 Å². The van der Waals surface area contributed by atoms with Crippen LogP contribution in [0.15, 0.2) is 18.2 Å². The topological polar surface area (TPSA) is 34.6 Å². The van der Waals surface area contributed by atoms with E-state index >= 15 is 0 Å². The molecule has 1 unspecified atom stereocenters. The average Bonchev–Trinajstić information content (AvgIpc) is 2.37. The molecule has 19 heavy (non-hydrogen) atoms. The van der Waals surface area contributed by atoms with E-state index in [0.29, 0.717) is 6.10 Å². The number of hydrogen-bond acceptors (Lipinski definition) is 4. The Bertz CT molecular complexity index is 444. The van der Waals surface area contributed by atoms with Crippen molar-refractivity contribution >= 4 is 0 Å². The molecule has 0 bridgehead atoms. The van der Waals surface area contributed by atoms with Crippen molar-refractivity contribution < 1.29 is 9.47 Å². The van der Waals surface area contributed by atoms with Gasteiger partial charge in [0.2, 0.25) is 0 Å². The maximum absolute atomic E-state index is 5.98. The van der Waals surface area contributed by atoms with Gasteiger partial charge in [-0.1, -0.05) is 6.07 Å². The first-order chi connectivity index (χ1) is 9.19. The van der Waals surface area contributed by atoms with Crippen LogP contribution in [0, 0.1) is 6.92 Å². The number of hydrogen-bond donors (Lipinski definition) is 0. The normalized spacial score (nSPS) is 26.3. The summed E-state index contributed by atoms with van der Waals surface area (Å²) in [6, 6.07) is 6.21. The van der Waals surface area contributed by atoms with E-state index in [4.69, 9.17) is 9.47 Å². The highest BCUT2D eigenvalue weighted by Gasteiger charge is 2.47. The van der Waals surface area contributed by atoms with Gasteiger partial charge in [0.1, 0.15) is 0 Å². The summed E-state index contributed by atoms with van der Waals surface area (Å²) in [7, 11) is 1.80. The second-order valence-electron chi connectivity index (χ2n) is 5.80. The van der Waals surface area contributed by atoms with Gasteiger partial charge >= 0.3 is 0 Å². The predicted molar refractivity (Wildman–Crippen MR) is 73.0 cm³/mol. The predicted octanol–water partition coefficient (Wildman–Crippen LogP) is 1.77. The first-order valence-corrected chi connectivity index (χ1v) is 7.01. The molecule has 2 fully saturated rings. The lowest BCUT2D eigenvalue weighted by atomic mass is 9.84. The van der Waals surface area contributed by atoms with Gasteiger partial charge in [-0.15, -0.1) is 0 Å². The van der Waals surface area contributed by atoms with E-state index < -0.39 is 0 Å². The van der Waals surface area contributed by atoms with E-state index in [-0.39, 0.29) is 5.60 Å². The van der Waals surface area contributed by atoms with Crippen molar-refractivity contribution in [2.45, 2.75) is 38.0 Å². The smallest absolute Gasteiger partial charge is 0.0959 e. The van der Waals surface area contributed by atoms with Crippen molar-refractivity contribution in [2.75, 3.05) is 26.8 Å². The van der Waals surface area contributed by atoms with Crippen LogP contribution in [-0.2, 0) is 16.0 Å². The Balaban J connectivity index is 1.55. The minimum atomic E-state index is 0.0444. The molecule has 3 heterocycles. The highest BCUT2D eigenvalue weighted by Crippen LogP contribution is 2.35. The lowest BCUT2D eigenvalue weighted by Crippen LogP contribution is -2.65. The molecule has 2 aliphatic heterocycles. The molecule has 0 radical (unpaired) electrons. The first-order valence-electron chi connectivity index (χ1n) is 7.01. The number of aryl methyl sites for hydroxylation is 1. The highest BCUT2D eigenvalue weighted by atomic mass is 16.5. The molecule has 1 spiro atoms. The van der Waals surface area contributed by atoms with Crippen LogP contribution in [0.3, 0.4) is 0 Å². The van der Waals surface area contributed by atoms with E-state index in [2.05, 4.69) is 22.0 Å². The lowest BCUT2D eigenvalue weighted by Gasteiger charge is -2.53. The number of methoxy groups -OCH3 is 1. The van der Waals surface area contributed by atoms with Gasteiger partial charge < -0.3 is 9.47 Å². The third-order valence-electron chi connectivity index (χ3n) is 4.14. The average molecular weight is 262 g/mol. The molecule has 0 amide bonds. The van der Waals surface area contributed by atoms with Crippen LogP contribution in [0.4, 0.5) is 0 Å². The van der Waals surface area contributed by atoms with E-state index in [1.54, 1.807) is 7.11 Å². The molecule has 2 aliphatic rings. The highest BCUT2D eigenvalue weighted by molar-refractivity contribution is 5.11. The maximum atomic E-state index is 5.98. The quantitative estimate of drug-likeness (QED) is 0.831. The van der Waals surface area contributed by atoms with Gasteiger partial charge in [-0.3, -0.25) is 9.88 Å². The van der Waals surface area contributed by atoms with Crippen molar-refractivity contribution in [1.82, 2.24) is 9.88 Å². The van der Waals surface area contributed by atoms with Gasteiger partial charge in [-0.05, 0) is 25.5 Å². The Labute approximate surface area is 114 Å². The summed E-state index contributed by atoms with van der Waals surface area (Å²) in [4.78, 5) is 6.96. The van der Waals surface area contributed by atoms with Gasteiger partial charge in [0, 0.05) is 45.5 Å². The fourth-order valence-electron chi connectivity index (χ4n) is 3.20. The third kappa shape index (κ3) is 2.81. The van der Waals surface area contributed by atoms with Crippen LogP contribution in [-0.4, -0.2) is 48.4 Å². The van der Waals surface area contributed by atoms with Crippen LogP contribution < -0.4 is 0 Å². The first kappa shape index (κ1) is 13.0. The second kappa shape index (κ2) is 5.19. The number of aromatic nitrogens is 1. The second-order valence-corrected chi connectivity index (χ2v) is 5.80. The Morgan fingerprint density at radius 3 is 3.05 bits per heavy atom. The van der Waals surface area contributed by atoms with Crippen LogP contribution in [0.2, 0.25) is 0 Å². The third-order valence-corrected chi connectivity index (χ3v) is 4.14. The summed E-state index contributed by atoms with van der Waals surface area (Å²) in [5.41, 5.74) is 2.28. The van der Waals surface area contributed by atoms with Gasteiger partial charge in [0.25, 0.3) is 0 Å². The SMILES string of the molecule is COC1CCOC2(C1)CN(Cc1cccc(C)n1)C2. The van der Waals surface area contributed by atoms with Gasteiger partial charge in [-0.25, -0.2) is 0 Å². The zero-order valence-electron chi connectivity index (χ0n) is 11.8. The summed E-state index contributed by atoms with van der Waals surface area (Å²) in [6.45, 7) is 5.79. The molecule has 2 saturated heterocycles. The van der Waals surface area contributed by atoms with Gasteiger partial charge in [0.05, 0.1) is 17.4 Å². The molecule has 0 aromatic carbocycles. The standard InChI is InChI=1S/C15H22N2O2/c1-12-4-3-5-13(16-12)9-17-10-15(11-17)8-14(18-2)6-7-19-15/h3-5,14H,6-11H2,1-2H3. The minimum Gasteiger partial charge on any atom is -0.381 e. The molecule has 1 aromatic rings. The summed E-state index contributed by atoms with van der Waals surface area (Å²) in [6.07, 6.45) is 2.42. The fourth-order valence-corrected chi connectivity index (χ4v) is 3.20. The number of rotatable bonds is 3. The summed E-state index contributed by atoms with van der Waals surface area (Å²) >= 11 is 0. The lowest BCUT2D eigenvalue weighted by molar-refractivity contribution is -0.195. The molecule has 1 aromatic heterocycles. The maximum Gasteiger partial charge on any atom is 0.0959 e. The number of ether oxygens (including phenoxy) is 2. The van der Waals surface area contributed by atoms with E-state index in [1.807, 2.05) is 13.0 Å². The zero-order chi connectivity index (χ0) is 13.3.